The summed E-state index contributed by atoms with van der Waals surface area (Å²) in [7, 11) is -3.53. The van der Waals surface area contributed by atoms with Crippen LogP contribution in [-0.4, -0.2) is 63.9 Å². The van der Waals surface area contributed by atoms with Crippen LogP contribution in [0.2, 0.25) is 0 Å². The number of hydrogen-bond acceptors (Lipinski definition) is 6. The van der Waals surface area contributed by atoms with Crippen LogP contribution in [0.4, 0.5) is 5.69 Å². The highest BCUT2D eigenvalue weighted by molar-refractivity contribution is 7.92. The van der Waals surface area contributed by atoms with E-state index in [2.05, 4.69) is 22.3 Å². The van der Waals surface area contributed by atoms with Crippen LogP contribution in [0.15, 0.2) is 48.5 Å². The second kappa shape index (κ2) is 9.89. The van der Waals surface area contributed by atoms with Gasteiger partial charge in [-0.05, 0) is 30.2 Å². The van der Waals surface area contributed by atoms with Gasteiger partial charge in [-0.1, -0.05) is 36.4 Å². The molecule has 4 rings (SSSR count). The number of hydrogen-bond donors (Lipinski definition) is 1. The topological polar surface area (TPSA) is 88.2 Å². The molecule has 0 aromatic heterocycles. The highest BCUT2D eigenvalue weighted by Crippen LogP contribution is 2.35. The standard InChI is InChI=1S/C23H29N3O5S/c1-2-32(28,29)26-17-22(31-21-9-4-3-8-20(21)26)23(27)24-15-18-6-5-7-19(14-18)16-25-10-12-30-13-11-25/h3-9,14,22H,2,10-13,15-17H2,1H3,(H,24,27)/t22-/m0/s1. The Hall–Kier alpha value is -2.62. The maximum atomic E-state index is 12.9. The molecule has 1 N–H and O–H groups in total. The minimum atomic E-state index is -3.53. The van der Waals surface area contributed by atoms with Crippen LogP contribution >= 0.6 is 0 Å². The highest BCUT2D eigenvalue weighted by atomic mass is 32.2. The molecular formula is C23H29N3O5S. The van der Waals surface area contributed by atoms with Gasteiger partial charge in [0, 0.05) is 26.2 Å². The molecule has 172 valence electrons. The first-order chi connectivity index (χ1) is 15.5. The molecule has 1 fully saturated rings. The van der Waals surface area contributed by atoms with E-state index in [1.807, 2.05) is 12.1 Å². The molecule has 1 saturated heterocycles. The van der Waals surface area contributed by atoms with E-state index < -0.39 is 16.1 Å². The summed E-state index contributed by atoms with van der Waals surface area (Å²) in [4.78, 5) is 15.2. The first-order valence-corrected chi connectivity index (χ1v) is 12.5. The molecule has 8 nitrogen and oxygen atoms in total. The first-order valence-electron chi connectivity index (χ1n) is 10.9. The van der Waals surface area contributed by atoms with Gasteiger partial charge in [0.2, 0.25) is 10.0 Å². The zero-order chi connectivity index (χ0) is 22.6. The van der Waals surface area contributed by atoms with Crippen molar-refractivity contribution in [3.8, 4) is 5.75 Å². The lowest BCUT2D eigenvalue weighted by Gasteiger charge is -2.34. The number of carbonyl (C=O) groups is 1. The van der Waals surface area contributed by atoms with Crippen molar-refractivity contribution in [3.05, 3.63) is 59.7 Å². The zero-order valence-corrected chi connectivity index (χ0v) is 19.0. The van der Waals surface area contributed by atoms with Crippen LogP contribution in [0, 0.1) is 0 Å². The summed E-state index contributed by atoms with van der Waals surface area (Å²) >= 11 is 0. The maximum Gasteiger partial charge on any atom is 0.263 e. The molecule has 0 radical (unpaired) electrons. The molecule has 32 heavy (non-hydrogen) atoms. The number of carbonyl (C=O) groups excluding carboxylic acids is 1. The number of para-hydroxylation sites is 2. The van der Waals surface area contributed by atoms with E-state index in [1.165, 1.54) is 9.87 Å². The third-order valence-electron chi connectivity index (χ3n) is 5.70. The van der Waals surface area contributed by atoms with Crippen molar-refractivity contribution >= 4 is 21.6 Å². The van der Waals surface area contributed by atoms with E-state index in [4.69, 9.17) is 9.47 Å². The van der Waals surface area contributed by atoms with Crippen molar-refractivity contribution in [1.29, 1.82) is 0 Å². The van der Waals surface area contributed by atoms with Gasteiger partial charge in [-0.2, -0.15) is 0 Å². The Kier molecular flexibility index (Phi) is 6.98. The molecule has 2 aliphatic heterocycles. The van der Waals surface area contributed by atoms with E-state index >= 15 is 0 Å². The van der Waals surface area contributed by atoms with E-state index in [0.29, 0.717) is 18.0 Å². The van der Waals surface area contributed by atoms with Gasteiger partial charge >= 0.3 is 0 Å². The molecule has 2 heterocycles. The Bertz CT molecular complexity index is 1050. The molecule has 1 atom stereocenters. The molecule has 1 amide bonds. The summed E-state index contributed by atoms with van der Waals surface area (Å²) in [5.74, 6) is 0.00355. The summed E-state index contributed by atoms with van der Waals surface area (Å²) in [6.07, 6.45) is -0.914. The number of ether oxygens (including phenoxy) is 2. The molecule has 0 saturated carbocycles. The Labute approximate surface area is 189 Å². The number of morpholine rings is 1. The average molecular weight is 460 g/mol. The Morgan fingerprint density at radius 3 is 2.62 bits per heavy atom. The SMILES string of the molecule is CCS(=O)(=O)N1C[C@@H](C(=O)NCc2cccc(CN3CCOCC3)c2)Oc2ccccc21. The summed E-state index contributed by atoms with van der Waals surface area (Å²) in [5.41, 5.74) is 2.63. The number of sulfonamides is 1. The van der Waals surface area contributed by atoms with E-state index in [1.54, 1.807) is 31.2 Å². The number of amides is 1. The van der Waals surface area contributed by atoms with Gasteiger partial charge in [0.1, 0.15) is 5.75 Å². The minimum Gasteiger partial charge on any atom is -0.476 e. The third kappa shape index (κ3) is 5.23. The lowest BCUT2D eigenvalue weighted by molar-refractivity contribution is -0.127. The molecule has 0 unspecified atom stereocenters. The van der Waals surface area contributed by atoms with Crippen molar-refractivity contribution < 1.29 is 22.7 Å². The fraction of sp³-hybridized carbons (Fsp3) is 0.435. The Morgan fingerprint density at radius 1 is 1.09 bits per heavy atom. The van der Waals surface area contributed by atoms with Gasteiger partial charge in [-0.25, -0.2) is 8.42 Å². The van der Waals surface area contributed by atoms with Crippen LogP contribution in [-0.2, 0) is 32.6 Å². The average Bonchev–Trinajstić information content (AvgIpc) is 2.82. The highest BCUT2D eigenvalue weighted by Gasteiger charge is 2.35. The van der Waals surface area contributed by atoms with Crippen LogP contribution in [0.1, 0.15) is 18.1 Å². The van der Waals surface area contributed by atoms with Gasteiger partial charge in [0.15, 0.2) is 6.10 Å². The Balaban J connectivity index is 1.40. The number of rotatable bonds is 7. The van der Waals surface area contributed by atoms with Crippen LogP contribution < -0.4 is 14.4 Å². The summed E-state index contributed by atoms with van der Waals surface area (Å²) < 4.78 is 37.7. The molecular weight excluding hydrogens is 430 g/mol. The van der Waals surface area contributed by atoms with Crippen molar-refractivity contribution in [3.63, 3.8) is 0 Å². The second-order valence-electron chi connectivity index (χ2n) is 7.93. The fourth-order valence-corrected chi connectivity index (χ4v) is 5.04. The normalized spacial score (nSPS) is 19.2. The van der Waals surface area contributed by atoms with Gasteiger partial charge in [0.25, 0.3) is 5.91 Å². The predicted molar refractivity (Wildman–Crippen MR) is 122 cm³/mol. The number of anilines is 1. The van der Waals surface area contributed by atoms with Crippen molar-refractivity contribution in [2.75, 3.05) is 42.9 Å². The first kappa shape index (κ1) is 22.6. The monoisotopic (exact) mass is 459 g/mol. The van der Waals surface area contributed by atoms with Crippen LogP contribution in [0.25, 0.3) is 0 Å². The molecule has 9 heteroatoms. The van der Waals surface area contributed by atoms with E-state index in [9.17, 15) is 13.2 Å². The number of nitrogens with one attached hydrogen (secondary N) is 1. The number of benzene rings is 2. The summed E-state index contributed by atoms with van der Waals surface area (Å²) in [6.45, 7) is 6.07. The zero-order valence-electron chi connectivity index (χ0n) is 18.2. The minimum absolute atomic E-state index is 0.0455. The summed E-state index contributed by atoms with van der Waals surface area (Å²) in [6, 6.07) is 15.0. The lowest BCUT2D eigenvalue weighted by Crippen LogP contribution is -2.50. The molecule has 0 aliphatic carbocycles. The molecule has 2 aromatic rings. The quantitative estimate of drug-likeness (QED) is 0.679. The lowest BCUT2D eigenvalue weighted by atomic mass is 10.1. The predicted octanol–water partition coefficient (Wildman–Crippen LogP) is 1.75. The smallest absolute Gasteiger partial charge is 0.263 e. The molecule has 2 aromatic carbocycles. The van der Waals surface area contributed by atoms with Gasteiger partial charge in [0.05, 0.1) is 31.2 Å². The van der Waals surface area contributed by atoms with Crippen molar-refractivity contribution in [2.45, 2.75) is 26.1 Å². The molecule has 2 aliphatic rings. The Morgan fingerprint density at radius 2 is 1.84 bits per heavy atom. The third-order valence-corrected chi connectivity index (χ3v) is 7.44. The van der Waals surface area contributed by atoms with E-state index in [0.717, 1.165) is 38.4 Å². The van der Waals surface area contributed by atoms with Crippen molar-refractivity contribution in [2.24, 2.45) is 0 Å². The number of fused-ring (bicyclic) bond motifs is 1. The van der Waals surface area contributed by atoms with Gasteiger partial charge in [-0.3, -0.25) is 14.0 Å². The second-order valence-corrected chi connectivity index (χ2v) is 10.1. The van der Waals surface area contributed by atoms with E-state index in [-0.39, 0.29) is 18.2 Å². The van der Waals surface area contributed by atoms with Gasteiger partial charge in [-0.15, -0.1) is 0 Å². The van der Waals surface area contributed by atoms with Crippen LogP contribution in [0.3, 0.4) is 0 Å². The van der Waals surface area contributed by atoms with Crippen molar-refractivity contribution in [1.82, 2.24) is 10.2 Å². The summed E-state index contributed by atoms with van der Waals surface area (Å²) in [5, 5.41) is 2.90. The largest absolute Gasteiger partial charge is 0.476 e. The molecule has 0 bridgehead atoms. The number of nitrogens with zero attached hydrogens (tertiary/aromatic N) is 2. The fourth-order valence-electron chi connectivity index (χ4n) is 3.92. The molecule has 0 spiro atoms. The van der Waals surface area contributed by atoms with Crippen LogP contribution in [0.5, 0.6) is 5.75 Å². The maximum absolute atomic E-state index is 12.9. The van der Waals surface area contributed by atoms with Gasteiger partial charge < -0.3 is 14.8 Å².